The Balaban J connectivity index is 2.61. The van der Waals surface area contributed by atoms with E-state index in [-0.39, 0.29) is 11.9 Å². The first-order chi connectivity index (χ1) is 9.36. The molecule has 1 N–H and O–H groups in total. The highest BCUT2D eigenvalue weighted by Gasteiger charge is 2.24. The van der Waals surface area contributed by atoms with Gasteiger partial charge in [0.05, 0.1) is 11.1 Å². The number of aryl methyl sites for hydroxylation is 2. The van der Waals surface area contributed by atoms with Crippen LogP contribution in [0, 0.1) is 26.6 Å². The Morgan fingerprint density at radius 2 is 1.90 bits per heavy atom. The van der Waals surface area contributed by atoms with Crippen LogP contribution in [0.5, 0.6) is 0 Å². The van der Waals surface area contributed by atoms with Crippen LogP contribution < -0.4 is 5.32 Å². The molecule has 0 aliphatic carbocycles. The second kappa shape index (κ2) is 5.88. The number of furan rings is 1. The lowest BCUT2D eigenvalue weighted by molar-refractivity contribution is 0.494. The third-order valence-corrected chi connectivity index (χ3v) is 4.74. The number of halogens is 3. The second-order valence-corrected chi connectivity index (χ2v) is 6.02. The van der Waals surface area contributed by atoms with Crippen LogP contribution in [-0.2, 0) is 0 Å². The number of hydrogen-bond acceptors (Lipinski definition) is 2. The molecule has 0 bridgehead atoms. The number of rotatable bonds is 3. The van der Waals surface area contributed by atoms with E-state index >= 15 is 0 Å². The largest absolute Gasteiger partial charge is 0.466 e. The van der Waals surface area contributed by atoms with Crippen LogP contribution in [0.4, 0.5) is 4.39 Å². The first kappa shape index (κ1) is 15.5. The minimum absolute atomic E-state index is 0.293. The van der Waals surface area contributed by atoms with Gasteiger partial charge in [-0.3, -0.25) is 0 Å². The highest BCUT2D eigenvalue weighted by atomic mass is 79.9. The fourth-order valence-corrected chi connectivity index (χ4v) is 2.94. The molecule has 0 aliphatic rings. The highest BCUT2D eigenvalue weighted by Crippen LogP contribution is 2.35. The van der Waals surface area contributed by atoms with Gasteiger partial charge in [-0.2, -0.15) is 0 Å². The van der Waals surface area contributed by atoms with Gasteiger partial charge in [0.1, 0.15) is 17.3 Å². The molecule has 1 aromatic heterocycles. The predicted molar refractivity (Wildman–Crippen MR) is 82.9 cm³/mol. The summed E-state index contributed by atoms with van der Waals surface area (Å²) in [4.78, 5) is 0. The van der Waals surface area contributed by atoms with E-state index in [0.717, 1.165) is 22.6 Å². The molecule has 1 aromatic carbocycles. The van der Waals surface area contributed by atoms with Crippen molar-refractivity contribution in [1.82, 2.24) is 5.32 Å². The maximum absolute atomic E-state index is 14.3. The van der Waals surface area contributed by atoms with E-state index in [1.807, 2.05) is 20.8 Å². The van der Waals surface area contributed by atoms with Gasteiger partial charge < -0.3 is 9.73 Å². The van der Waals surface area contributed by atoms with E-state index in [0.29, 0.717) is 15.1 Å². The molecule has 0 aliphatic heterocycles. The first-order valence-corrected chi connectivity index (χ1v) is 7.42. The van der Waals surface area contributed by atoms with Gasteiger partial charge in [-0.05, 0) is 61.4 Å². The molecule has 2 rings (SSSR count). The fourth-order valence-electron chi connectivity index (χ4n) is 2.45. The van der Waals surface area contributed by atoms with Crippen LogP contribution in [0.25, 0.3) is 0 Å². The average molecular weight is 361 g/mol. The van der Waals surface area contributed by atoms with Crippen molar-refractivity contribution in [2.75, 3.05) is 7.05 Å². The van der Waals surface area contributed by atoms with Gasteiger partial charge in [-0.15, -0.1) is 0 Å². The number of benzene rings is 1. The van der Waals surface area contributed by atoms with Crippen LogP contribution in [0.3, 0.4) is 0 Å². The molecule has 2 aromatic rings. The van der Waals surface area contributed by atoms with Gasteiger partial charge >= 0.3 is 0 Å². The summed E-state index contributed by atoms with van der Waals surface area (Å²) in [6, 6.07) is 2.74. The van der Waals surface area contributed by atoms with E-state index in [1.54, 1.807) is 13.1 Å². The van der Waals surface area contributed by atoms with Crippen molar-refractivity contribution in [2.24, 2.45) is 0 Å². The van der Waals surface area contributed by atoms with Crippen molar-refractivity contribution in [3.8, 4) is 0 Å². The van der Waals surface area contributed by atoms with Gasteiger partial charge in [0.2, 0.25) is 0 Å². The Kier molecular flexibility index (Phi) is 4.57. The maximum atomic E-state index is 14.3. The van der Waals surface area contributed by atoms with Gasteiger partial charge in [0.25, 0.3) is 0 Å². The summed E-state index contributed by atoms with van der Waals surface area (Å²) in [5, 5.41) is 3.63. The topological polar surface area (TPSA) is 25.2 Å². The maximum Gasteiger partial charge on any atom is 0.129 e. The Hall–Kier alpha value is -0.840. The molecule has 108 valence electrons. The molecule has 20 heavy (non-hydrogen) atoms. The third-order valence-electron chi connectivity index (χ3n) is 3.55. The van der Waals surface area contributed by atoms with Crippen molar-refractivity contribution in [3.05, 3.63) is 55.7 Å². The Morgan fingerprint density at radius 3 is 2.40 bits per heavy atom. The monoisotopic (exact) mass is 359 g/mol. The van der Waals surface area contributed by atoms with Crippen LogP contribution in [-0.4, -0.2) is 7.05 Å². The second-order valence-electron chi connectivity index (χ2n) is 4.76. The summed E-state index contributed by atoms with van der Waals surface area (Å²) in [5.41, 5.74) is 2.50. The standard InChI is InChI=1S/C15H16BrClFNO/c1-7-8(2)20-9(3)14(7)15(19-4)10-5-12(17)11(16)6-13(10)18/h5-6,15,19H,1-4H3. The molecule has 0 fully saturated rings. The van der Waals surface area contributed by atoms with E-state index < -0.39 is 0 Å². The van der Waals surface area contributed by atoms with Crippen LogP contribution in [0.15, 0.2) is 21.0 Å². The summed E-state index contributed by atoms with van der Waals surface area (Å²) >= 11 is 9.32. The summed E-state index contributed by atoms with van der Waals surface area (Å²) in [7, 11) is 1.79. The molecule has 1 atom stereocenters. The lowest BCUT2D eigenvalue weighted by Crippen LogP contribution is -2.20. The molecule has 0 radical (unpaired) electrons. The van der Waals surface area contributed by atoms with E-state index in [2.05, 4.69) is 21.2 Å². The lowest BCUT2D eigenvalue weighted by atomic mass is 9.95. The van der Waals surface area contributed by atoms with Crippen molar-refractivity contribution < 1.29 is 8.81 Å². The summed E-state index contributed by atoms with van der Waals surface area (Å²) in [6.45, 7) is 5.77. The highest BCUT2D eigenvalue weighted by molar-refractivity contribution is 9.10. The summed E-state index contributed by atoms with van der Waals surface area (Å²) in [5.74, 6) is 1.33. The van der Waals surface area contributed by atoms with E-state index in [9.17, 15) is 4.39 Å². The molecule has 0 amide bonds. The molecule has 1 heterocycles. The van der Waals surface area contributed by atoms with Crippen molar-refractivity contribution in [1.29, 1.82) is 0 Å². The molecule has 0 saturated heterocycles. The van der Waals surface area contributed by atoms with Gasteiger partial charge in [0.15, 0.2) is 0 Å². The Morgan fingerprint density at radius 1 is 1.25 bits per heavy atom. The molecule has 2 nitrogen and oxygen atoms in total. The molecular weight excluding hydrogens is 345 g/mol. The minimum Gasteiger partial charge on any atom is -0.466 e. The van der Waals surface area contributed by atoms with Crippen LogP contribution in [0.1, 0.15) is 34.3 Å². The van der Waals surface area contributed by atoms with Crippen molar-refractivity contribution >= 4 is 27.5 Å². The third kappa shape index (κ3) is 2.65. The molecule has 5 heteroatoms. The predicted octanol–water partition coefficient (Wildman–Crippen LogP) is 5.07. The molecule has 0 saturated carbocycles. The van der Waals surface area contributed by atoms with Gasteiger partial charge in [0, 0.05) is 15.6 Å². The SMILES string of the molecule is CNC(c1cc(Cl)c(Br)cc1F)c1c(C)oc(C)c1C. The molecule has 0 spiro atoms. The van der Waals surface area contributed by atoms with E-state index in [1.165, 1.54) is 6.07 Å². The number of nitrogens with one attached hydrogen (secondary N) is 1. The minimum atomic E-state index is -0.307. The van der Waals surface area contributed by atoms with Crippen molar-refractivity contribution in [3.63, 3.8) is 0 Å². The summed E-state index contributed by atoms with van der Waals surface area (Å²) in [6.07, 6.45) is 0. The Bertz CT molecular complexity index is 654. The molecular formula is C15H16BrClFNO. The molecule has 1 unspecified atom stereocenters. The smallest absolute Gasteiger partial charge is 0.129 e. The van der Waals surface area contributed by atoms with Crippen LogP contribution in [0.2, 0.25) is 5.02 Å². The zero-order valence-corrected chi connectivity index (χ0v) is 14.1. The van der Waals surface area contributed by atoms with Gasteiger partial charge in [-0.1, -0.05) is 11.6 Å². The normalized spacial score (nSPS) is 12.8. The zero-order valence-electron chi connectivity index (χ0n) is 11.8. The number of hydrogen-bond donors (Lipinski definition) is 1. The zero-order chi connectivity index (χ0) is 15.0. The van der Waals surface area contributed by atoms with Gasteiger partial charge in [-0.25, -0.2) is 4.39 Å². The lowest BCUT2D eigenvalue weighted by Gasteiger charge is -2.19. The first-order valence-electron chi connectivity index (χ1n) is 6.25. The fraction of sp³-hybridized carbons (Fsp3) is 0.333. The Labute approximate surface area is 131 Å². The average Bonchev–Trinajstić information content (AvgIpc) is 2.63. The summed E-state index contributed by atoms with van der Waals surface area (Å²) < 4.78 is 20.5. The van der Waals surface area contributed by atoms with E-state index in [4.69, 9.17) is 16.0 Å². The van der Waals surface area contributed by atoms with Crippen LogP contribution >= 0.6 is 27.5 Å². The quantitative estimate of drug-likeness (QED) is 0.773. The van der Waals surface area contributed by atoms with Crippen molar-refractivity contribution in [2.45, 2.75) is 26.8 Å².